The molecule has 0 saturated heterocycles. The van der Waals surface area contributed by atoms with E-state index in [4.69, 9.17) is 4.74 Å². The molecule has 0 saturated carbocycles. The maximum atomic E-state index is 12.4. The SMILES string of the molecule is CCCCCCCCCCCC/C=C/C(O)C(CO)NC(=O)CCCCCCCCC/C=C\CCCCCCCCOC(=O)CCCCCCCCCCCCCCCCCCCC. The van der Waals surface area contributed by atoms with E-state index in [2.05, 4.69) is 31.3 Å². The molecule has 0 aliphatic heterocycles. The summed E-state index contributed by atoms with van der Waals surface area (Å²) in [4.78, 5) is 24.5. The van der Waals surface area contributed by atoms with Crippen LogP contribution < -0.4 is 5.32 Å². The lowest BCUT2D eigenvalue weighted by Crippen LogP contribution is -2.45. The molecule has 378 valence electrons. The summed E-state index contributed by atoms with van der Waals surface area (Å²) < 4.78 is 5.48. The lowest BCUT2D eigenvalue weighted by Gasteiger charge is -2.20. The van der Waals surface area contributed by atoms with Crippen molar-refractivity contribution in [3.05, 3.63) is 24.3 Å². The number of carbonyl (C=O) groups is 2. The highest BCUT2D eigenvalue weighted by Gasteiger charge is 2.18. The van der Waals surface area contributed by atoms with E-state index in [1.807, 2.05) is 6.08 Å². The minimum absolute atomic E-state index is 0.00153. The molecule has 0 rings (SSSR count). The van der Waals surface area contributed by atoms with Gasteiger partial charge in [-0.05, 0) is 57.8 Å². The van der Waals surface area contributed by atoms with Gasteiger partial charge in [0.05, 0.1) is 25.4 Å². The van der Waals surface area contributed by atoms with Crippen molar-refractivity contribution < 1.29 is 24.5 Å². The maximum absolute atomic E-state index is 12.4. The van der Waals surface area contributed by atoms with E-state index in [-0.39, 0.29) is 18.5 Å². The zero-order chi connectivity index (χ0) is 46.5. The highest BCUT2D eigenvalue weighted by molar-refractivity contribution is 5.76. The highest BCUT2D eigenvalue weighted by atomic mass is 16.5. The second-order valence-electron chi connectivity index (χ2n) is 19.6. The van der Waals surface area contributed by atoms with E-state index < -0.39 is 12.1 Å². The van der Waals surface area contributed by atoms with Crippen molar-refractivity contribution in [1.29, 1.82) is 0 Å². The topological polar surface area (TPSA) is 95.9 Å². The van der Waals surface area contributed by atoms with Gasteiger partial charge >= 0.3 is 5.97 Å². The first-order valence-corrected chi connectivity index (χ1v) is 28.6. The molecule has 0 aromatic heterocycles. The van der Waals surface area contributed by atoms with Gasteiger partial charge in [0.1, 0.15) is 0 Å². The van der Waals surface area contributed by atoms with Gasteiger partial charge in [-0.25, -0.2) is 0 Å². The number of unbranched alkanes of at least 4 members (excludes halogenated alkanes) is 40. The van der Waals surface area contributed by atoms with Gasteiger partial charge in [0.15, 0.2) is 0 Å². The fraction of sp³-hybridized carbons (Fsp3) is 0.897. The smallest absolute Gasteiger partial charge is 0.305 e. The lowest BCUT2D eigenvalue weighted by molar-refractivity contribution is -0.143. The number of esters is 1. The van der Waals surface area contributed by atoms with Crippen LogP contribution in [0.25, 0.3) is 0 Å². The second-order valence-corrected chi connectivity index (χ2v) is 19.6. The minimum atomic E-state index is -0.851. The van der Waals surface area contributed by atoms with E-state index in [0.717, 1.165) is 57.8 Å². The van der Waals surface area contributed by atoms with E-state index in [0.29, 0.717) is 19.4 Å². The predicted molar refractivity (Wildman–Crippen MR) is 278 cm³/mol. The van der Waals surface area contributed by atoms with Crippen molar-refractivity contribution in [2.75, 3.05) is 13.2 Å². The molecule has 3 N–H and O–H groups in total. The Labute approximate surface area is 399 Å². The lowest BCUT2D eigenvalue weighted by atomic mass is 10.0. The Morgan fingerprint density at radius 2 is 0.734 bits per heavy atom. The van der Waals surface area contributed by atoms with E-state index in [1.165, 1.54) is 225 Å². The van der Waals surface area contributed by atoms with Crippen LogP contribution in [0.1, 0.15) is 309 Å². The molecule has 0 fully saturated rings. The van der Waals surface area contributed by atoms with Gasteiger partial charge < -0.3 is 20.3 Å². The molecule has 0 aromatic rings. The summed E-state index contributed by atoms with van der Waals surface area (Å²) >= 11 is 0. The fourth-order valence-corrected chi connectivity index (χ4v) is 8.81. The Morgan fingerprint density at radius 1 is 0.422 bits per heavy atom. The molecule has 6 nitrogen and oxygen atoms in total. The third-order valence-electron chi connectivity index (χ3n) is 13.2. The van der Waals surface area contributed by atoms with Gasteiger partial charge in [0.2, 0.25) is 5.91 Å². The summed E-state index contributed by atoms with van der Waals surface area (Å²) in [5.74, 6) is -0.0787. The predicted octanol–water partition coefficient (Wildman–Crippen LogP) is 17.5. The van der Waals surface area contributed by atoms with Crippen molar-refractivity contribution in [3.8, 4) is 0 Å². The quantitative estimate of drug-likeness (QED) is 0.0321. The molecule has 0 aliphatic rings. The molecular formula is C58H111NO5. The van der Waals surface area contributed by atoms with Crippen LogP contribution in [0.5, 0.6) is 0 Å². The zero-order valence-corrected chi connectivity index (χ0v) is 43.0. The number of allylic oxidation sites excluding steroid dienone is 3. The Kier molecular flexibility index (Phi) is 52.6. The third kappa shape index (κ3) is 49.8. The fourth-order valence-electron chi connectivity index (χ4n) is 8.81. The third-order valence-corrected chi connectivity index (χ3v) is 13.2. The first-order valence-electron chi connectivity index (χ1n) is 28.6. The summed E-state index contributed by atoms with van der Waals surface area (Å²) in [6, 6.07) is -0.635. The van der Waals surface area contributed by atoms with Crippen molar-refractivity contribution in [1.82, 2.24) is 5.32 Å². The number of hydrogen-bond donors (Lipinski definition) is 3. The van der Waals surface area contributed by atoms with Crippen LogP contribution >= 0.6 is 0 Å². The summed E-state index contributed by atoms with van der Waals surface area (Å²) in [6.45, 7) is 4.89. The number of hydrogen-bond acceptors (Lipinski definition) is 5. The molecule has 2 atom stereocenters. The van der Waals surface area contributed by atoms with E-state index in [1.54, 1.807) is 6.08 Å². The molecule has 0 spiro atoms. The average molecular weight is 903 g/mol. The van der Waals surface area contributed by atoms with Crippen molar-refractivity contribution in [3.63, 3.8) is 0 Å². The van der Waals surface area contributed by atoms with Crippen LogP contribution in [-0.4, -0.2) is 47.4 Å². The van der Waals surface area contributed by atoms with E-state index in [9.17, 15) is 19.8 Å². The van der Waals surface area contributed by atoms with Crippen molar-refractivity contribution in [2.24, 2.45) is 0 Å². The molecule has 1 amide bonds. The van der Waals surface area contributed by atoms with Crippen LogP contribution in [0.15, 0.2) is 24.3 Å². The highest BCUT2D eigenvalue weighted by Crippen LogP contribution is 2.17. The van der Waals surface area contributed by atoms with Gasteiger partial charge in [-0.3, -0.25) is 9.59 Å². The molecule has 0 heterocycles. The van der Waals surface area contributed by atoms with Crippen LogP contribution in [0.3, 0.4) is 0 Å². The Bertz CT molecular complexity index is 997. The van der Waals surface area contributed by atoms with Crippen molar-refractivity contribution in [2.45, 2.75) is 321 Å². The first-order chi connectivity index (χ1) is 31.5. The Balaban J connectivity index is 3.44. The van der Waals surface area contributed by atoms with Gasteiger partial charge in [0.25, 0.3) is 0 Å². The Hall–Kier alpha value is -1.66. The number of carbonyl (C=O) groups excluding carboxylic acids is 2. The number of aliphatic hydroxyl groups is 2. The second kappa shape index (κ2) is 54.0. The van der Waals surface area contributed by atoms with E-state index >= 15 is 0 Å². The molecule has 0 bridgehead atoms. The zero-order valence-electron chi connectivity index (χ0n) is 43.0. The molecule has 2 unspecified atom stereocenters. The van der Waals surface area contributed by atoms with Crippen LogP contribution in [0.2, 0.25) is 0 Å². The average Bonchev–Trinajstić information content (AvgIpc) is 3.29. The maximum Gasteiger partial charge on any atom is 0.305 e. The normalized spacial score (nSPS) is 12.8. The molecule has 0 aliphatic carbocycles. The Morgan fingerprint density at radius 3 is 1.11 bits per heavy atom. The summed E-state index contributed by atoms with van der Waals surface area (Å²) in [5.41, 5.74) is 0. The standard InChI is InChI=1S/C58H111NO5/c1-3-5-7-9-11-13-15-17-18-19-22-25-28-32-36-40-44-48-52-58(63)64-53-49-45-41-37-33-29-26-23-20-21-24-27-31-35-39-43-47-51-57(62)59-55(54-60)56(61)50-46-42-38-34-30-16-14-12-10-8-6-4-2/h20,23,46,50,55-56,60-61H,3-19,21-22,24-45,47-49,51-54H2,1-2H3,(H,59,62)/b23-20-,50-46+. The molecule has 0 radical (unpaired) electrons. The largest absolute Gasteiger partial charge is 0.466 e. The van der Waals surface area contributed by atoms with Crippen LogP contribution in [0, 0.1) is 0 Å². The van der Waals surface area contributed by atoms with Gasteiger partial charge in [-0.15, -0.1) is 0 Å². The van der Waals surface area contributed by atoms with Gasteiger partial charge in [0, 0.05) is 12.8 Å². The first kappa shape index (κ1) is 62.3. The summed E-state index contributed by atoms with van der Waals surface area (Å²) in [6.07, 6.45) is 64.8. The monoisotopic (exact) mass is 902 g/mol. The van der Waals surface area contributed by atoms with Gasteiger partial charge in [-0.2, -0.15) is 0 Å². The molecule has 64 heavy (non-hydrogen) atoms. The summed E-state index contributed by atoms with van der Waals surface area (Å²) in [5, 5.41) is 23.0. The number of aliphatic hydroxyl groups excluding tert-OH is 2. The van der Waals surface area contributed by atoms with Crippen LogP contribution in [-0.2, 0) is 14.3 Å². The number of rotatable bonds is 53. The molecular weight excluding hydrogens is 791 g/mol. The minimum Gasteiger partial charge on any atom is -0.466 e. The molecule has 6 heteroatoms. The summed E-state index contributed by atoms with van der Waals surface area (Å²) in [7, 11) is 0. The van der Waals surface area contributed by atoms with Crippen molar-refractivity contribution >= 4 is 11.9 Å². The number of amides is 1. The van der Waals surface area contributed by atoms with Gasteiger partial charge in [-0.1, -0.05) is 263 Å². The van der Waals surface area contributed by atoms with Crippen LogP contribution in [0.4, 0.5) is 0 Å². The molecule has 0 aromatic carbocycles. The number of nitrogens with one attached hydrogen (secondary N) is 1. The number of ether oxygens (including phenoxy) is 1.